The lowest BCUT2D eigenvalue weighted by atomic mass is 9.98. The highest BCUT2D eigenvalue weighted by molar-refractivity contribution is 6.06. The molecule has 24 heavy (non-hydrogen) atoms. The van der Waals surface area contributed by atoms with E-state index in [0.29, 0.717) is 13.0 Å². The van der Waals surface area contributed by atoms with Crippen LogP contribution in [0.1, 0.15) is 40.0 Å². The molecule has 0 saturated heterocycles. The fourth-order valence-electron chi connectivity index (χ4n) is 2.87. The van der Waals surface area contributed by atoms with Gasteiger partial charge in [0.1, 0.15) is 11.4 Å². The maximum atomic E-state index is 12.9. The molecule has 0 heterocycles. The van der Waals surface area contributed by atoms with Gasteiger partial charge in [-0.15, -0.1) is 0 Å². The van der Waals surface area contributed by atoms with E-state index in [1.54, 1.807) is 7.11 Å². The van der Waals surface area contributed by atoms with E-state index in [0.717, 1.165) is 35.1 Å². The van der Waals surface area contributed by atoms with Gasteiger partial charge in [0.25, 0.3) is 5.91 Å². The highest BCUT2D eigenvalue weighted by atomic mass is 16.5. The Morgan fingerprint density at radius 3 is 2.42 bits per heavy atom. The first kappa shape index (κ1) is 18.3. The molecule has 1 atom stereocenters. The van der Waals surface area contributed by atoms with Crippen LogP contribution in [0.4, 0.5) is 5.69 Å². The predicted octanol–water partition coefficient (Wildman–Crippen LogP) is 4.77. The predicted molar refractivity (Wildman–Crippen MR) is 98.7 cm³/mol. The zero-order chi connectivity index (χ0) is 17.6. The quantitative estimate of drug-likeness (QED) is 0.758. The molecule has 0 saturated carbocycles. The Morgan fingerprint density at radius 2 is 1.79 bits per heavy atom. The summed E-state index contributed by atoms with van der Waals surface area (Å²) in [7, 11) is 1.65. The Bertz CT molecular complexity index is 698. The lowest BCUT2D eigenvalue weighted by Gasteiger charge is -2.28. The van der Waals surface area contributed by atoms with Crippen LogP contribution >= 0.6 is 0 Å². The number of amides is 1. The molecule has 0 aliphatic heterocycles. The number of benzene rings is 2. The molecule has 0 radical (unpaired) electrons. The van der Waals surface area contributed by atoms with E-state index in [9.17, 15) is 4.79 Å². The number of fused-ring (bicyclic) bond motifs is 1. The molecule has 2 aromatic rings. The van der Waals surface area contributed by atoms with Crippen LogP contribution in [0, 0.1) is 0 Å². The summed E-state index contributed by atoms with van der Waals surface area (Å²) in [5.41, 5.74) is -0.0370. The Balaban J connectivity index is 2.32. The van der Waals surface area contributed by atoms with Crippen LogP contribution in [-0.4, -0.2) is 25.2 Å². The average molecular weight is 329 g/mol. The topological polar surface area (TPSA) is 47.6 Å². The largest absolute Gasteiger partial charge is 0.496 e. The molecule has 2 aromatic carbocycles. The molecule has 0 fully saturated rings. The molecular weight excluding hydrogens is 302 g/mol. The summed E-state index contributed by atoms with van der Waals surface area (Å²) in [5, 5.41) is 4.99. The molecule has 0 bridgehead atoms. The lowest BCUT2D eigenvalue weighted by Crippen LogP contribution is -2.43. The van der Waals surface area contributed by atoms with E-state index in [4.69, 9.17) is 9.47 Å². The molecule has 4 nitrogen and oxygen atoms in total. The molecule has 1 N–H and O–H groups in total. The van der Waals surface area contributed by atoms with Crippen molar-refractivity contribution in [3.8, 4) is 5.75 Å². The first-order valence-electron chi connectivity index (χ1n) is 8.57. The van der Waals surface area contributed by atoms with Crippen LogP contribution < -0.4 is 10.1 Å². The van der Waals surface area contributed by atoms with Crippen molar-refractivity contribution in [1.29, 1.82) is 0 Å². The van der Waals surface area contributed by atoms with Gasteiger partial charge in [0.2, 0.25) is 0 Å². The van der Waals surface area contributed by atoms with Crippen molar-refractivity contribution in [3.63, 3.8) is 0 Å². The van der Waals surface area contributed by atoms with Crippen molar-refractivity contribution in [1.82, 2.24) is 0 Å². The number of carbonyl (C=O) groups is 1. The molecular formula is C20H27NO3. The Morgan fingerprint density at radius 1 is 1.08 bits per heavy atom. The summed E-state index contributed by atoms with van der Waals surface area (Å²) in [5.74, 6) is 0.690. The maximum Gasteiger partial charge on any atom is 0.256 e. The third kappa shape index (κ3) is 3.88. The minimum atomic E-state index is -0.814. The summed E-state index contributed by atoms with van der Waals surface area (Å²) in [6, 6.07) is 11.6. The number of carbonyl (C=O) groups excluding carboxylic acids is 1. The van der Waals surface area contributed by atoms with Gasteiger partial charge >= 0.3 is 0 Å². The molecule has 2 rings (SSSR count). The molecule has 0 aliphatic carbocycles. The van der Waals surface area contributed by atoms with Gasteiger partial charge in [-0.2, -0.15) is 0 Å². The number of nitrogens with one attached hydrogen (secondary N) is 1. The van der Waals surface area contributed by atoms with Gasteiger partial charge in [-0.05, 0) is 31.9 Å². The number of ether oxygens (including phenoxy) is 2. The maximum absolute atomic E-state index is 12.9. The number of hydrogen-bond donors (Lipinski definition) is 1. The summed E-state index contributed by atoms with van der Waals surface area (Å²) < 4.78 is 11.3. The van der Waals surface area contributed by atoms with Crippen LogP contribution in [0.15, 0.2) is 36.4 Å². The van der Waals surface area contributed by atoms with Crippen molar-refractivity contribution < 1.29 is 14.3 Å². The zero-order valence-corrected chi connectivity index (χ0v) is 15.0. The smallest absolute Gasteiger partial charge is 0.256 e. The Hall–Kier alpha value is -2.07. The lowest BCUT2D eigenvalue weighted by molar-refractivity contribution is -0.140. The number of anilines is 1. The van der Waals surface area contributed by atoms with E-state index >= 15 is 0 Å². The molecule has 0 unspecified atom stereocenters. The van der Waals surface area contributed by atoms with E-state index in [2.05, 4.69) is 12.2 Å². The van der Waals surface area contributed by atoms with Gasteiger partial charge < -0.3 is 14.8 Å². The van der Waals surface area contributed by atoms with Gasteiger partial charge in [-0.3, -0.25) is 4.79 Å². The van der Waals surface area contributed by atoms with Gasteiger partial charge in [-0.1, -0.05) is 44.5 Å². The summed E-state index contributed by atoms with van der Waals surface area (Å²) in [4.78, 5) is 12.9. The first-order valence-corrected chi connectivity index (χ1v) is 8.57. The van der Waals surface area contributed by atoms with Crippen LogP contribution in [0.5, 0.6) is 5.75 Å². The standard InChI is InChI=1S/C20H27NO3/c1-5-13-20(3,24-14-6-2)19(22)21-17-11-12-18(23-4)16-10-8-7-9-15(16)17/h7-12H,5-6,13-14H2,1-4H3,(H,21,22)/t20-/m1/s1. The average Bonchev–Trinajstić information content (AvgIpc) is 2.60. The summed E-state index contributed by atoms with van der Waals surface area (Å²) >= 11 is 0. The van der Waals surface area contributed by atoms with E-state index < -0.39 is 5.60 Å². The van der Waals surface area contributed by atoms with Gasteiger partial charge in [0, 0.05) is 23.1 Å². The second kappa shape index (κ2) is 8.15. The van der Waals surface area contributed by atoms with Crippen LogP contribution in [-0.2, 0) is 9.53 Å². The number of hydrogen-bond acceptors (Lipinski definition) is 3. The summed E-state index contributed by atoms with van der Waals surface area (Å²) in [6.07, 6.45) is 2.46. The van der Waals surface area contributed by atoms with Crippen LogP contribution in [0.3, 0.4) is 0 Å². The Labute approximate surface area is 144 Å². The monoisotopic (exact) mass is 329 g/mol. The molecule has 0 aliphatic rings. The van der Waals surface area contributed by atoms with Crippen molar-refractivity contribution >= 4 is 22.4 Å². The molecule has 4 heteroatoms. The second-order valence-electron chi connectivity index (χ2n) is 6.14. The zero-order valence-electron chi connectivity index (χ0n) is 15.0. The normalized spacial score (nSPS) is 13.5. The van der Waals surface area contributed by atoms with E-state index in [1.807, 2.05) is 50.2 Å². The van der Waals surface area contributed by atoms with Crippen molar-refractivity contribution in [2.45, 2.75) is 45.6 Å². The third-order valence-electron chi connectivity index (χ3n) is 4.18. The highest BCUT2D eigenvalue weighted by Crippen LogP contribution is 2.32. The molecule has 0 aromatic heterocycles. The SMILES string of the molecule is CCCO[C@](C)(CCC)C(=O)Nc1ccc(OC)c2ccccc12. The van der Waals surface area contributed by atoms with Gasteiger partial charge in [0.05, 0.1) is 7.11 Å². The third-order valence-corrected chi connectivity index (χ3v) is 4.18. The molecule has 130 valence electrons. The fourth-order valence-corrected chi connectivity index (χ4v) is 2.87. The number of rotatable bonds is 8. The Kier molecular flexibility index (Phi) is 6.21. The van der Waals surface area contributed by atoms with Crippen molar-refractivity contribution in [2.75, 3.05) is 19.0 Å². The highest BCUT2D eigenvalue weighted by Gasteiger charge is 2.33. The first-order chi connectivity index (χ1) is 11.6. The van der Waals surface area contributed by atoms with Crippen LogP contribution in [0.25, 0.3) is 10.8 Å². The van der Waals surface area contributed by atoms with Crippen molar-refractivity contribution in [2.24, 2.45) is 0 Å². The number of methoxy groups -OCH3 is 1. The minimum absolute atomic E-state index is 0.104. The second-order valence-corrected chi connectivity index (χ2v) is 6.14. The van der Waals surface area contributed by atoms with Gasteiger partial charge in [0.15, 0.2) is 0 Å². The summed E-state index contributed by atoms with van der Waals surface area (Å²) in [6.45, 7) is 6.55. The van der Waals surface area contributed by atoms with Gasteiger partial charge in [-0.25, -0.2) is 0 Å². The van der Waals surface area contributed by atoms with Crippen molar-refractivity contribution in [3.05, 3.63) is 36.4 Å². The van der Waals surface area contributed by atoms with Crippen LogP contribution in [0.2, 0.25) is 0 Å². The molecule has 0 spiro atoms. The van der Waals surface area contributed by atoms with E-state index in [1.165, 1.54) is 0 Å². The fraction of sp³-hybridized carbons (Fsp3) is 0.450. The van der Waals surface area contributed by atoms with E-state index in [-0.39, 0.29) is 5.91 Å². The minimum Gasteiger partial charge on any atom is -0.496 e. The molecule has 1 amide bonds.